The molecule has 6 heteroatoms. The first-order valence-electron chi connectivity index (χ1n) is 6.64. The normalized spacial score (nSPS) is 32.8. The Morgan fingerprint density at radius 1 is 1.44 bits per heavy atom. The minimum absolute atomic E-state index is 0.203. The number of nitrogens with one attached hydrogen (secondary N) is 1. The minimum atomic E-state index is -1.000. The van der Waals surface area contributed by atoms with E-state index in [9.17, 15) is 5.11 Å². The Labute approximate surface area is 106 Å². The highest BCUT2D eigenvalue weighted by atomic mass is 16.5. The number of aliphatic hydroxyl groups is 1. The largest absolute Gasteiger partial charge is 0.379 e. The van der Waals surface area contributed by atoms with E-state index < -0.39 is 5.60 Å². The van der Waals surface area contributed by atoms with Gasteiger partial charge in [-0.25, -0.2) is 0 Å². The Hall–Kier alpha value is -0.980. The van der Waals surface area contributed by atoms with Crippen LogP contribution < -0.4 is 5.32 Å². The summed E-state index contributed by atoms with van der Waals surface area (Å²) < 4.78 is 10.8. The van der Waals surface area contributed by atoms with Gasteiger partial charge in [0.05, 0.1) is 6.10 Å². The molecule has 100 valence electrons. The van der Waals surface area contributed by atoms with Gasteiger partial charge in [0.25, 0.3) is 5.89 Å². The summed E-state index contributed by atoms with van der Waals surface area (Å²) in [4.78, 5) is 4.32. The van der Waals surface area contributed by atoms with Crippen molar-refractivity contribution in [3.05, 3.63) is 11.7 Å². The first kappa shape index (κ1) is 12.1. The molecule has 0 spiro atoms. The maximum atomic E-state index is 10.4. The number of aromatic nitrogens is 2. The van der Waals surface area contributed by atoms with E-state index in [0.717, 1.165) is 32.4 Å². The van der Waals surface area contributed by atoms with Gasteiger partial charge in [0.2, 0.25) is 0 Å². The van der Waals surface area contributed by atoms with Crippen molar-refractivity contribution in [3.63, 3.8) is 0 Å². The molecule has 0 aliphatic carbocycles. The van der Waals surface area contributed by atoms with Crippen molar-refractivity contribution < 1.29 is 14.4 Å². The lowest BCUT2D eigenvalue weighted by Crippen LogP contribution is -2.43. The van der Waals surface area contributed by atoms with Crippen LogP contribution in [0.1, 0.15) is 37.4 Å². The van der Waals surface area contributed by atoms with Crippen molar-refractivity contribution in [1.29, 1.82) is 0 Å². The highest BCUT2D eigenvalue weighted by Crippen LogP contribution is 2.27. The van der Waals surface area contributed by atoms with Gasteiger partial charge in [-0.05, 0) is 32.2 Å². The number of hydrogen-bond donors (Lipinski definition) is 2. The summed E-state index contributed by atoms with van der Waals surface area (Å²) >= 11 is 0. The molecule has 2 atom stereocenters. The third-order valence-corrected chi connectivity index (χ3v) is 3.66. The van der Waals surface area contributed by atoms with Crippen LogP contribution in [0.5, 0.6) is 0 Å². The van der Waals surface area contributed by atoms with Crippen molar-refractivity contribution in [2.24, 2.45) is 0 Å². The predicted octanol–water partition coefficient (Wildman–Crippen LogP) is 0.362. The van der Waals surface area contributed by atoms with Gasteiger partial charge in [0.1, 0.15) is 0 Å². The summed E-state index contributed by atoms with van der Waals surface area (Å²) in [5.74, 6) is 0.971. The minimum Gasteiger partial charge on any atom is -0.379 e. The molecule has 3 rings (SSSR count). The summed E-state index contributed by atoms with van der Waals surface area (Å²) in [6.07, 6.45) is 4.61. The van der Waals surface area contributed by atoms with Gasteiger partial charge in [0.15, 0.2) is 11.4 Å². The second kappa shape index (κ2) is 4.95. The van der Waals surface area contributed by atoms with Crippen LogP contribution >= 0.6 is 0 Å². The second-order valence-corrected chi connectivity index (χ2v) is 5.17. The van der Waals surface area contributed by atoms with Crippen molar-refractivity contribution in [2.45, 2.75) is 43.8 Å². The average molecular weight is 253 g/mol. The van der Waals surface area contributed by atoms with Crippen molar-refractivity contribution in [3.8, 4) is 0 Å². The zero-order valence-electron chi connectivity index (χ0n) is 10.4. The van der Waals surface area contributed by atoms with Gasteiger partial charge in [-0.3, -0.25) is 0 Å². The fourth-order valence-corrected chi connectivity index (χ4v) is 2.61. The maximum Gasteiger partial charge on any atom is 0.259 e. The van der Waals surface area contributed by atoms with Crippen LogP contribution in [-0.2, 0) is 16.8 Å². The topological polar surface area (TPSA) is 80.4 Å². The van der Waals surface area contributed by atoms with Crippen molar-refractivity contribution in [1.82, 2.24) is 15.5 Å². The highest BCUT2D eigenvalue weighted by molar-refractivity contribution is 5.02. The number of ether oxygens (including phenoxy) is 1. The van der Waals surface area contributed by atoms with E-state index in [4.69, 9.17) is 9.26 Å². The molecule has 2 unspecified atom stereocenters. The third-order valence-electron chi connectivity index (χ3n) is 3.66. The van der Waals surface area contributed by atoms with Crippen molar-refractivity contribution >= 4 is 0 Å². The zero-order valence-corrected chi connectivity index (χ0v) is 10.4. The maximum absolute atomic E-state index is 10.4. The number of hydrogen-bond acceptors (Lipinski definition) is 6. The van der Waals surface area contributed by atoms with Crippen molar-refractivity contribution in [2.75, 3.05) is 19.7 Å². The quantitative estimate of drug-likeness (QED) is 0.809. The molecule has 0 aromatic carbocycles. The lowest BCUT2D eigenvalue weighted by Gasteiger charge is -2.28. The lowest BCUT2D eigenvalue weighted by molar-refractivity contribution is -0.0167. The Morgan fingerprint density at radius 3 is 3.11 bits per heavy atom. The SMILES string of the molecule is OC1(c2nc(CC3CCCO3)no2)CCCNC1. The van der Waals surface area contributed by atoms with E-state index in [-0.39, 0.29) is 6.10 Å². The molecule has 3 heterocycles. The molecule has 1 aromatic rings. The Kier molecular flexibility index (Phi) is 3.32. The van der Waals surface area contributed by atoms with E-state index in [0.29, 0.717) is 31.1 Å². The third kappa shape index (κ3) is 2.41. The molecule has 2 N–H and O–H groups in total. The highest BCUT2D eigenvalue weighted by Gasteiger charge is 2.37. The van der Waals surface area contributed by atoms with Gasteiger partial charge in [-0.15, -0.1) is 0 Å². The standard InChI is InChI=1S/C12H19N3O3/c16-12(4-2-5-13-8-12)11-14-10(15-18-11)7-9-3-1-6-17-9/h9,13,16H,1-8H2. The summed E-state index contributed by atoms with van der Waals surface area (Å²) in [6.45, 7) is 2.23. The molecule has 0 bridgehead atoms. The molecule has 0 radical (unpaired) electrons. The number of rotatable bonds is 3. The Balaban J connectivity index is 1.68. The van der Waals surface area contributed by atoms with Gasteiger partial charge in [-0.1, -0.05) is 5.16 Å². The van der Waals surface area contributed by atoms with E-state index in [2.05, 4.69) is 15.5 Å². The lowest BCUT2D eigenvalue weighted by atomic mass is 9.94. The molecule has 0 amide bonds. The fourth-order valence-electron chi connectivity index (χ4n) is 2.61. The van der Waals surface area contributed by atoms with Gasteiger partial charge < -0.3 is 19.7 Å². The Morgan fingerprint density at radius 2 is 2.39 bits per heavy atom. The van der Waals surface area contributed by atoms with Crippen LogP contribution in [0.4, 0.5) is 0 Å². The van der Waals surface area contributed by atoms with Gasteiger partial charge in [-0.2, -0.15) is 4.98 Å². The monoisotopic (exact) mass is 253 g/mol. The number of nitrogens with zero attached hydrogens (tertiary/aromatic N) is 2. The molecule has 18 heavy (non-hydrogen) atoms. The van der Waals surface area contributed by atoms with Crippen LogP contribution in [0.25, 0.3) is 0 Å². The van der Waals surface area contributed by atoms with E-state index in [1.54, 1.807) is 0 Å². The first-order chi connectivity index (χ1) is 8.76. The molecule has 1 aromatic heterocycles. The summed E-state index contributed by atoms with van der Waals surface area (Å²) in [6, 6.07) is 0. The van der Waals surface area contributed by atoms with Crippen LogP contribution in [0.3, 0.4) is 0 Å². The molecule has 6 nitrogen and oxygen atoms in total. The summed E-state index contributed by atoms with van der Waals surface area (Å²) in [5, 5.41) is 17.5. The van der Waals surface area contributed by atoms with E-state index in [1.165, 1.54) is 0 Å². The summed E-state index contributed by atoms with van der Waals surface area (Å²) in [5.41, 5.74) is -1.000. The molecular weight excluding hydrogens is 234 g/mol. The first-order valence-corrected chi connectivity index (χ1v) is 6.64. The predicted molar refractivity (Wildman–Crippen MR) is 63.0 cm³/mol. The fraction of sp³-hybridized carbons (Fsp3) is 0.833. The molecule has 2 aliphatic rings. The number of β-amino-alcohol motifs (C(OH)–C–C–N with tert-alkyl or cyclic N) is 1. The molecule has 2 saturated heterocycles. The van der Waals surface area contributed by atoms with Crippen LogP contribution in [0, 0.1) is 0 Å². The molecule has 2 fully saturated rings. The van der Waals surface area contributed by atoms with Gasteiger partial charge >= 0.3 is 0 Å². The zero-order chi connectivity index (χ0) is 12.4. The number of piperidine rings is 1. The Bertz CT molecular complexity index is 395. The van der Waals surface area contributed by atoms with E-state index >= 15 is 0 Å². The molecule has 2 aliphatic heterocycles. The van der Waals surface area contributed by atoms with E-state index in [1.807, 2.05) is 0 Å². The van der Waals surface area contributed by atoms with Gasteiger partial charge in [0, 0.05) is 19.6 Å². The average Bonchev–Trinajstić information content (AvgIpc) is 3.02. The molecule has 0 saturated carbocycles. The van der Waals surface area contributed by atoms with Crippen LogP contribution in [-0.4, -0.2) is 41.0 Å². The summed E-state index contributed by atoms with van der Waals surface area (Å²) in [7, 11) is 0. The smallest absolute Gasteiger partial charge is 0.259 e. The second-order valence-electron chi connectivity index (χ2n) is 5.17. The molecular formula is C12H19N3O3. The van der Waals surface area contributed by atoms with Crippen LogP contribution in [0.2, 0.25) is 0 Å². The van der Waals surface area contributed by atoms with Crippen LogP contribution in [0.15, 0.2) is 4.52 Å².